The number of hydrogen-bond acceptors (Lipinski definition) is 2. The Balaban J connectivity index is 0.000000531. The molecule has 0 atom stereocenters. The molecule has 0 aromatic carbocycles. The molecule has 90 valence electrons. The molecule has 2 heteroatoms. The SMILES string of the molecule is CC.CC(C)OCC1(CN2CCC2)CC1. The zero-order valence-corrected chi connectivity index (χ0v) is 10.9. The Morgan fingerprint density at radius 1 is 1.20 bits per heavy atom. The lowest BCUT2D eigenvalue weighted by Crippen LogP contribution is -2.42. The molecule has 0 radical (unpaired) electrons. The number of hydrogen-bond donors (Lipinski definition) is 0. The van der Waals surface area contributed by atoms with E-state index < -0.39 is 0 Å². The first-order valence-corrected chi connectivity index (χ1v) is 6.54. The molecule has 2 nitrogen and oxygen atoms in total. The van der Waals surface area contributed by atoms with Crippen LogP contribution < -0.4 is 0 Å². The summed E-state index contributed by atoms with van der Waals surface area (Å²) in [6.45, 7) is 13.2. The van der Waals surface area contributed by atoms with E-state index in [1.54, 1.807) is 0 Å². The van der Waals surface area contributed by atoms with E-state index in [4.69, 9.17) is 4.74 Å². The van der Waals surface area contributed by atoms with E-state index in [1.165, 1.54) is 38.9 Å². The Bertz CT molecular complexity index is 171. The zero-order chi connectivity index (χ0) is 11.3. The summed E-state index contributed by atoms with van der Waals surface area (Å²) in [5.41, 5.74) is 0.560. The molecule has 0 unspecified atom stereocenters. The largest absolute Gasteiger partial charge is 0.378 e. The van der Waals surface area contributed by atoms with Crippen molar-refractivity contribution in [3.63, 3.8) is 0 Å². The van der Waals surface area contributed by atoms with Crippen molar-refractivity contribution in [1.82, 2.24) is 4.90 Å². The number of rotatable bonds is 5. The fourth-order valence-corrected chi connectivity index (χ4v) is 1.88. The normalized spacial score (nSPS) is 23.0. The molecule has 2 rings (SSSR count). The Morgan fingerprint density at radius 2 is 1.80 bits per heavy atom. The third-order valence-electron chi connectivity index (χ3n) is 3.19. The van der Waals surface area contributed by atoms with E-state index in [-0.39, 0.29) is 0 Å². The summed E-state index contributed by atoms with van der Waals surface area (Å²) in [5.74, 6) is 0. The van der Waals surface area contributed by atoms with Gasteiger partial charge in [-0.2, -0.15) is 0 Å². The van der Waals surface area contributed by atoms with Gasteiger partial charge >= 0.3 is 0 Å². The van der Waals surface area contributed by atoms with Crippen LogP contribution >= 0.6 is 0 Å². The Labute approximate surface area is 95.0 Å². The lowest BCUT2D eigenvalue weighted by molar-refractivity contribution is 0.0226. The van der Waals surface area contributed by atoms with Crippen molar-refractivity contribution in [3.8, 4) is 0 Å². The maximum atomic E-state index is 5.71. The highest BCUT2D eigenvalue weighted by molar-refractivity contribution is 4.96. The van der Waals surface area contributed by atoms with Crippen molar-refractivity contribution >= 4 is 0 Å². The molecule has 1 aliphatic carbocycles. The maximum Gasteiger partial charge on any atom is 0.0538 e. The second kappa shape index (κ2) is 5.86. The molecule has 0 N–H and O–H groups in total. The van der Waals surface area contributed by atoms with Crippen molar-refractivity contribution in [3.05, 3.63) is 0 Å². The van der Waals surface area contributed by atoms with Gasteiger partial charge in [0, 0.05) is 12.0 Å². The van der Waals surface area contributed by atoms with Gasteiger partial charge in [-0.1, -0.05) is 13.8 Å². The highest BCUT2D eigenvalue weighted by Crippen LogP contribution is 2.47. The molecule has 2 fully saturated rings. The van der Waals surface area contributed by atoms with Gasteiger partial charge in [-0.15, -0.1) is 0 Å². The second-order valence-electron chi connectivity index (χ2n) is 4.99. The molecule has 0 amide bonds. The summed E-state index contributed by atoms with van der Waals surface area (Å²) in [6, 6.07) is 0. The quantitative estimate of drug-likeness (QED) is 0.696. The average Bonchev–Trinajstić information content (AvgIpc) is 2.93. The maximum absolute atomic E-state index is 5.71. The zero-order valence-electron chi connectivity index (χ0n) is 10.9. The fraction of sp³-hybridized carbons (Fsp3) is 1.00. The van der Waals surface area contributed by atoms with Crippen LogP contribution in [0.2, 0.25) is 0 Å². The van der Waals surface area contributed by atoms with Gasteiger partial charge in [-0.3, -0.25) is 0 Å². The lowest BCUT2D eigenvalue weighted by Gasteiger charge is -2.34. The average molecular weight is 213 g/mol. The minimum atomic E-state index is 0.397. The number of likely N-dealkylation sites (tertiary alicyclic amines) is 1. The second-order valence-corrected chi connectivity index (χ2v) is 4.99. The van der Waals surface area contributed by atoms with Crippen molar-refractivity contribution in [1.29, 1.82) is 0 Å². The van der Waals surface area contributed by atoms with E-state index in [0.717, 1.165) is 6.61 Å². The molecular weight excluding hydrogens is 186 g/mol. The van der Waals surface area contributed by atoms with Crippen LogP contribution in [0.3, 0.4) is 0 Å². The molecule has 15 heavy (non-hydrogen) atoms. The molecule has 0 aromatic heterocycles. The van der Waals surface area contributed by atoms with E-state index >= 15 is 0 Å². The van der Waals surface area contributed by atoms with Gasteiger partial charge in [0.2, 0.25) is 0 Å². The van der Waals surface area contributed by atoms with Gasteiger partial charge in [0.1, 0.15) is 0 Å². The number of ether oxygens (including phenoxy) is 1. The summed E-state index contributed by atoms with van der Waals surface area (Å²) in [7, 11) is 0. The monoisotopic (exact) mass is 213 g/mol. The van der Waals surface area contributed by atoms with Gasteiger partial charge < -0.3 is 9.64 Å². The van der Waals surface area contributed by atoms with E-state index in [2.05, 4.69) is 18.7 Å². The highest BCUT2D eigenvalue weighted by Gasteiger charge is 2.44. The third-order valence-corrected chi connectivity index (χ3v) is 3.19. The van der Waals surface area contributed by atoms with Crippen molar-refractivity contribution in [2.45, 2.75) is 53.1 Å². The topological polar surface area (TPSA) is 12.5 Å². The van der Waals surface area contributed by atoms with Gasteiger partial charge in [0.05, 0.1) is 12.7 Å². The number of nitrogens with zero attached hydrogens (tertiary/aromatic N) is 1. The van der Waals surface area contributed by atoms with Gasteiger partial charge in [0.15, 0.2) is 0 Å². The minimum absolute atomic E-state index is 0.397. The van der Waals surface area contributed by atoms with Crippen molar-refractivity contribution in [2.75, 3.05) is 26.2 Å². The summed E-state index contributed by atoms with van der Waals surface area (Å²) in [4.78, 5) is 2.57. The first kappa shape index (κ1) is 13.0. The summed E-state index contributed by atoms with van der Waals surface area (Å²) in [5, 5.41) is 0. The predicted octanol–water partition coefficient (Wildman–Crippen LogP) is 2.92. The van der Waals surface area contributed by atoms with Crippen LogP contribution in [-0.2, 0) is 4.74 Å². The molecule has 0 spiro atoms. The molecular formula is C13H27NO. The van der Waals surface area contributed by atoms with E-state index in [9.17, 15) is 0 Å². The molecule has 0 aromatic rings. The smallest absolute Gasteiger partial charge is 0.0538 e. The predicted molar refractivity (Wildman–Crippen MR) is 65.2 cm³/mol. The highest BCUT2D eigenvalue weighted by atomic mass is 16.5. The standard InChI is InChI=1S/C11H21NO.C2H6/c1-10(2)13-9-11(4-5-11)8-12-6-3-7-12;1-2/h10H,3-9H2,1-2H3;1-2H3. The van der Waals surface area contributed by atoms with Gasteiger partial charge in [-0.25, -0.2) is 0 Å². The fourth-order valence-electron chi connectivity index (χ4n) is 1.88. The molecule has 1 saturated carbocycles. The molecule has 1 aliphatic heterocycles. The van der Waals surface area contributed by atoms with Crippen LogP contribution in [0.4, 0.5) is 0 Å². The van der Waals surface area contributed by atoms with Crippen LogP contribution in [0.5, 0.6) is 0 Å². The summed E-state index contributed by atoms with van der Waals surface area (Å²) in [6.07, 6.45) is 4.57. The van der Waals surface area contributed by atoms with Crippen molar-refractivity contribution in [2.24, 2.45) is 5.41 Å². The minimum Gasteiger partial charge on any atom is -0.378 e. The van der Waals surface area contributed by atoms with E-state index in [0.29, 0.717) is 11.5 Å². The summed E-state index contributed by atoms with van der Waals surface area (Å²) < 4.78 is 5.71. The molecule has 2 aliphatic rings. The van der Waals surface area contributed by atoms with Crippen LogP contribution in [0.15, 0.2) is 0 Å². The molecule has 1 saturated heterocycles. The van der Waals surface area contributed by atoms with Crippen molar-refractivity contribution < 1.29 is 4.74 Å². The first-order valence-electron chi connectivity index (χ1n) is 6.54. The van der Waals surface area contributed by atoms with Gasteiger partial charge in [0.25, 0.3) is 0 Å². The third kappa shape index (κ3) is 4.12. The van der Waals surface area contributed by atoms with Crippen LogP contribution in [0, 0.1) is 5.41 Å². The molecule has 1 heterocycles. The lowest BCUT2D eigenvalue weighted by atomic mass is 10.1. The van der Waals surface area contributed by atoms with Crippen LogP contribution in [0.1, 0.15) is 47.0 Å². The Kier molecular flexibility index (Phi) is 5.07. The first-order chi connectivity index (χ1) is 7.20. The van der Waals surface area contributed by atoms with Crippen LogP contribution in [-0.4, -0.2) is 37.2 Å². The Hall–Kier alpha value is -0.0800. The Morgan fingerprint density at radius 3 is 2.13 bits per heavy atom. The summed E-state index contributed by atoms with van der Waals surface area (Å²) >= 11 is 0. The van der Waals surface area contributed by atoms with Gasteiger partial charge in [-0.05, 0) is 46.2 Å². The van der Waals surface area contributed by atoms with E-state index in [1.807, 2.05) is 13.8 Å². The van der Waals surface area contributed by atoms with Crippen LogP contribution in [0.25, 0.3) is 0 Å². The molecule has 0 bridgehead atoms.